The van der Waals surface area contributed by atoms with Crippen LogP contribution in [-0.2, 0) is 4.79 Å². The first-order valence-electron chi connectivity index (χ1n) is 3.32. The summed E-state index contributed by atoms with van der Waals surface area (Å²) in [6.07, 6.45) is 0. The molecule has 0 radical (unpaired) electrons. The Bertz CT molecular complexity index is 287. The average Bonchev–Trinajstić information content (AvgIpc) is 2.38. The van der Waals surface area contributed by atoms with Crippen molar-refractivity contribution in [2.24, 2.45) is 5.73 Å². The average molecular weight is 250 g/mol. The van der Waals surface area contributed by atoms with E-state index in [0.717, 1.165) is 9.35 Å². The summed E-state index contributed by atoms with van der Waals surface area (Å²) >= 11 is 4.67. The lowest BCUT2D eigenvalue weighted by molar-refractivity contribution is -0.138. The van der Waals surface area contributed by atoms with Gasteiger partial charge in [-0.2, -0.15) is 0 Å². The van der Waals surface area contributed by atoms with Crippen molar-refractivity contribution < 1.29 is 9.90 Å². The van der Waals surface area contributed by atoms with Gasteiger partial charge in [-0.25, -0.2) is 0 Å². The van der Waals surface area contributed by atoms with Crippen LogP contribution in [0.1, 0.15) is 10.8 Å². The zero-order valence-corrected chi connectivity index (χ0v) is 8.56. The van der Waals surface area contributed by atoms with E-state index >= 15 is 0 Å². The Hall–Kier alpha value is -0.390. The van der Waals surface area contributed by atoms with Crippen LogP contribution in [0.2, 0.25) is 0 Å². The minimum absolute atomic E-state index is 0.133. The topological polar surface area (TPSA) is 63.3 Å². The third-order valence-corrected chi connectivity index (χ3v) is 3.48. The van der Waals surface area contributed by atoms with Gasteiger partial charge in [-0.1, -0.05) is 0 Å². The van der Waals surface area contributed by atoms with Gasteiger partial charge in [0.1, 0.15) is 5.92 Å². The summed E-state index contributed by atoms with van der Waals surface area (Å²) in [6.45, 7) is 0.133. The molecule has 0 aliphatic carbocycles. The summed E-state index contributed by atoms with van der Waals surface area (Å²) in [5.41, 5.74) is 5.34. The van der Waals surface area contributed by atoms with Crippen molar-refractivity contribution in [2.45, 2.75) is 5.92 Å². The van der Waals surface area contributed by atoms with E-state index in [-0.39, 0.29) is 6.54 Å². The molecule has 0 spiro atoms. The normalized spacial score (nSPS) is 12.8. The molecule has 0 amide bonds. The summed E-state index contributed by atoms with van der Waals surface area (Å²) in [6, 6.07) is 1.82. The first-order chi connectivity index (χ1) is 5.66. The van der Waals surface area contributed by atoms with Crippen LogP contribution >= 0.6 is 27.3 Å². The SMILES string of the molecule is NCC(C(=O)O)c1sccc1Br. The zero-order valence-electron chi connectivity index (χ0n) is 6.16. The van der Waals surface area contributed by atoms with Crippen molar-refractivity contribution in [3.63, 3.8) is 0 Å². The Kier molecular flexibility index (Phi) is 3.25. The van der Waals surface area contributed by atoms with Gasteiger partial charge in [0, 0.05) is 15.9 Å². The highest BCUT2D eigenvalue weighted by Crippen LogP contribution is 2.29. The molecule has 66 valence electrons. The van der Waals surface area contributed by atoms with Crippen LogP contribution in [-0.4, -0.2) is 17.6 Å². The molecular weight excluding hydrogens is 242 g/mol. The smallest absolute Gasteiger partial charge is 0.313 e. The van der Waals surface area contributed by atoms with Crippen molar-refractivity contribution in [1.82, 2.24) is 0 Å². The van der Waals surface area contributed by atoms with E-state index in [0.29, 0.717) is 0 Å². The van der Waals surface area contributed by atoms with Gasteiger partial charge >= 0.3 is 5.97 Å². The summed E-state index contributed by atoms with van der Waals surface area (Å²) < 4.78 is 0.824. The molecular formula is C7H8BrNO2S. The van der Waals surface area contributed by atoms with Gasteiger partial charge in [0.05, 0.1) is 0 Å². The van der Waals surface area contributed by atoms with E-state index < -0.39 is 11.9 Å². The lowest BCUT2D eigenvalue weighted by Gasteiger charge is -2.06. The van der Waals surface area contributed by atoms with E-state index in [2.05, 4.69) is 15.9 Å². The Morgan fingerprint density at radius 3 is 2.83 bits per heavy atom. The van der Waals surface area contributed by atoms with Crippen LogP contribution in [0.4, 0.5) is 0 Å². The molecule has 0 bridgehead atoms. The number of carboxylic acids is 1. The molecule has 1 heterocycles. The molecule has 1 atom stereocenters. The number of hydrogen-bond acceptors (Lipinski definition) is 3. The third kappa shape index (κ3) is 1.85. The fourth-order valence-electron chi connectivity index (χ4n) is 0.874. The number of carbonyl (C=O) groups is 1. The monoisotopic (exact) mass is 249 g/mol. The number of halogens is 1. The van der Waals surface area contributed by atoms with E-state index in [1.165, 1.54) is 11.3 Å². The summed E-state index contributed by atoms with van der Waals surface area (Å²) in [4.78, 5) is 11.5. The minimum atomic E-state index is -0.874. The molecule has 5 heteroatoms. The van der Waals surface area contributed by atoms with Gasteiger partial charge in [-0.3, -0.25) is 4.79 Å². The van der Waals surface area contributed by atoms with E-state index in [9.17, 15) is 4.79 Å². The molecule has 1 aromatic rings. The van der Waals surface area contributed by atoms with E-state index in [4.69, 9.17) is 10.8 Å². The molecule has 0 aromatic carbocycles. The van der Waals surface area contributed by atoms with Crippen molar-refractivity contribution in [3.05, 3.63) is 20.8 Å². The molecule has 1 aromatic heterocycles. The zero-order chi connectivity index (χ0) is 9.14. The number of thiophene rings is 1. The maximum atomic E-state index is 10.7. The Morgan fingerprint density at radius 1 is 1.83 bits per heavy atom. The molecule has 12 heavy (non-hydrogen) atoms. The standard InChI is InChI=1S/C7H8BrNO2S/c8-5-1-2-12-6(5)4(3-9)7(10)11/h1-2,4H,3,9H2,(H,10,11). The summed E-state index contributed by atoms with van der Waals surface area (Å²) in [5.74, 6) is -1.46. The Labute approximate surface area is 82.3 Å². The number of carboxylic acid groups (broad SMARTS) is 1. The van der Waals surface area contributed by atoms with Crippen molar-refractivity contribution in [1.29, 1.82) is 0 Å². The quantitative estimate of drug-likeness (QED) is 0.857. The van der Waals surface area contributed by atoms with Crippen LogP contribution in [0.3, 0.4) is 0 Å². The highest BCUT2D eigenvalue weighted by molar-refractivity contribution is 9.10. The van der Waals surface area contributed by atoms with E-state index in [1.54, 1.807) is 0 Å². The number of rotatable bonds is 3. The van der Waals surface area contributed by atoms with Gasteiger partial charge in [0.2, 0.25) is 0 Å². The first kappa shape index (κ1) is 9.70. The summed E-state index contributed by atoms with van der Waals surface area (Å²) in [5, 5.41) is 10.6. The third-order valence-electron chi connectivity index (χ3n) is 1.50. The predicted octanol–water partition coefficient (Wildman–Crippen LogP) is 1.64. The van der Waals surface area contributed by atoms with Gasteiger partial charge in [-0.15, -0.1) is 11.3 Å². The van der Waals surface area contributed by atoms with Gasteiger partial charge in [-0.05, 0) is 27.4 Å². The molecule has 1 rings (SSSR count). The first-order valence-corrected chi connectivity index (χ1v) is 5.00. The maximum Gasteiger partial charge on any atom is 0.313 e. The second-order valence-corrected chi connectivity index (χ2v) is 4.06. The highest BCUT2D eigenvalue weighted by Gasteiger charge is 2.21. The number of hydrogen-bond donors (Lipinski definition) is 2. The molecule has 3 N–H and O–H groups in total. The van der Waals surface area contributed by atoms with Crippen LogP contribution < -0.4 is 5.73 Å². The highest BCUT2D eigenvalue weighted by atomic mass is 79.9. The summed E-state index contributed by atoms with van der Waals surface area (Å²) in [7, 11) is 0. The largest absolute Gasteiger partial charge is 0.481 e. The van der Waals surface area contributed by atoms with E-state index in [1.807, 2.05) is 11.4 Å². The molecule has 0 saturated heterocycles. The van der Waals surface area contributed by atoms with Crippen LogP contribution in [0.5, 0.6) is 0 Å². The van der Waals surface area contributed by atoms with Crippen molar-refractivity contribution >= 4 is 33.2 Å². The number of nitrogens with two attached hydrogens (primary N) is 1. The van der Waals surface area contributed by atoms with Crippen molar-refractivity contribution in [2.75, 3.05) is 6.54 Å². The van der Waals surface area contributed by atoms with Crippen molar-refractivity contribution in [3.8, 4) is 0 Å². The molecule has 3 nitrogen and oxygen atoms in total. The van der Waals surface area contributed by atoms with Gasteiger partial charge in [0.15, 0.2) is 0 Å². The van der Waals surface area contributed by atoms with Gasteiger partial charge < -0.3 is 10.8 Å². The lowest BCUT2D eigenvalue weighted by Crippen LogP contribution is -2.20. The second kappa shape index (κ2) is 4.02. The molecule has 0 aliphatic rings. The predicted molar refractivity (Wildman–Crippen MR) is 51.5 cm³/mol. The molecule has 0 saturated carbocycles. The fraction of sp³-hybridized carbons (Fsp3) is 0.286. The molecule has 0 fully saturated rings. The van der Waals surface area contributed by atoms with Gasteiger partial charge in [0.25, 0.3) is 0 Å². The molecule has 0 aliphatic heterocycles. The maximum absolute atomic E-state index is 10.7. The Balaban J connectivity index is 2.94. The lowest BCUT2D eigenvalue weighted by atomic mass is 10.1. The van der Waals surface area contributed by atoms with Crippen LogP contribution in [0.25, 0.3) is 0 Å². The fourth-order valence-corrected chi connectivity index (χ4v) is 2.63. The Morgan fingerprint density at radius 2 is 2.50 bits per heavy atom. The van der Waals surface area contributed by atoms with Crippen LogP contribution in [0, 0.1) is 0 Å². The second-order valence-electron chi connectivity index (χ2n) is 2.26. The molecule has 1 unspecified atom stereocenters. The van der Waals surface area contributed by atoms with Crippen LogP contribution in [0.15, 0.2) is 15.9 Å². The number of aliphatic carboxylic acids is 1. The minimum Gasteiger partial charge on any atom is -0.481 e.